The van der Waals surface area contributed by atoms with Gasteiger partial charge in [0, 0.05) is 17.3 Å². The molecule has 0 aliphatic carbocycles. The van der Waals surface area contributed by atoms with Crippen LogP contribution in [-0.2, 0) is 5.41 Å². The van der Waals surface area contributed by atoms with Crippen molar-refractivity contribution in [3.8, 4) is 23.3 Å². The van der Waals surface area contributed by atoms with Crippen molar-refractivity contribution in [1.82, 2.24) is 4.98 Å². The maximum Gasteiger partial charge on any atom is 0.573 e. The number of alkyl halides is 3. The topological polar surface area (TPSA) is 92.7 Å². The number of amides is 2. The van der Waals surface area contributed by atoms with Gasteiger partial charge >= 0.3 is 12.4 Å². The molecule has 0 radical (unpaired) electrons. The van der Waals surface area contributed by atoms with Crippen LogP contribution in [0.4, 0.5) is 29.3 Å². The third-order valence-corrected chi connectivity index (χ3v) is 4.34. The number of ether oxygens (including phenoxy) is 2. The number of aromatic nitrogens is 1. The molecule has 0 saturated heterocycles. The first-order valence-corrected chi connectivity index (χ1v) is 9.82. The zero-order valence-corrected chi connectivity index (χ0v) is 18.0. The van der Waals surface area contributed by atoms with Gasteiger partial charge in [-0.1, -0.05) is 39.0 Å². The Bertz CT molecular complexity index is 1130. The number of hydrogen-bond donors (Lipinski definition) is 3. The van der Waals surface area contributed by atoms with Crippen molar-refractivity contribution in [1.29, 1.82) is 0 Å². The van der Waals surface area contributed by atoms with E-state index in [1.54, 1.807) is 12.1 Å². The predicted molar refractivity (Wildman–Crippen MR) is 117 cm³/mol. The van der Waals surface area contributed by atoms with Crippen LogP contribution in [0.15, 0.2) is 60.7 Å². The average molecular weight is 461 g/mol. The molecule has 3 N–H and O–H groups in total. The van der Waals surface area contributed by atoms with Crippen LogP contribution >= 0.6 is 0 Å². The van der Waals surface area contributed by atoms with Crippen molar-refractivity contribution in [3.63, 3.8) is 0 Å². The first kappa shape index (κ1) is 23.7. The molecule has 0 spiro atoms. The molecule has 7 nitrogen and oxygen atoms in total. The average Bonchev–Trinajstić information content (AvgIpc) is 2.70. The highest BCUT2D eigenvalue weighted by atomic mass is 19.4. The highest BCUT2D eigenvalue weighted by Gasteiger charge is 2.31. The van der Waals surface area contributed by atoms with Gasteiger partial charge in [-0.05, 0) is 41.8 Å². The Morgan fingerprint density at radius 1 is 0.939 bits per heavy atom. The molecule has 1 heterocycles. The molecule has 0 aliphatic rings. The number of hydrogen-bond acceptors (Lipinski definition) is 5. The van der Waals surface area contributed by atoms with Crippen LogP contribution in [0.1, 0.15) is 26.3 Å². The predicted octanol–water partition coefficient (Wildman–Crippen LogP) is 6.42. The van der Waals surface area contributed by atoms with Crippen LogP contribution in [0.25, 0.3) is 0 Å². The second-order valence-corrected chi connectivity index (χ2v) is 8.02. The Labute approximate surface area is 188 Å². The van der Waals surface area contributed by atoms with Crippen LogP contribution in [0.3, 0.4) is 0 Å². The van der Waals surface area contributed by atoms with Crippen LogP contribution < -0.4 is 20.1 Å². The molecule has 33 heavy (non-hydrogen) atoms. The number of aromatic hydroxyl groups is 1. The lowest BCUT2D eigenvalue weighted by atomic mass is 9.86. The van der Waals surface area contributed by atoms with E-state index in [-0.39, 0.29) is 28.5 Å². The van der Waals surface area contributed by atoms with Crippen molar-refractivity contribution >= 4 is 17.4 Å². The van der Waals surface area contributed by atoms with Gasteiger partial charge in [0.1, 0.15) is 17.2 Å². The van der Waals surface area contributed by atoms with Gasteiger partial charge in [0.15, 0.2) is 0 Å². The van der Waals surface area contributed by atoms with Gasteiger partial charge in [0.25, 0.3) is 0 Å². The number of carbonyl (C=O) groups excluding carboxylic acids is 1. The SMILES string of the molecule is CC(C)(C)c1ccccc1Oc1nc(O)ccc1NC(=O)Nc1ccc(OC(F)(F)F)cc1. The minimum absolute atomic E-state index is 0.0317. The molecule has 10 heteroatoms. The van der Waals surface area contributed by atoms with E-state index in [9.17, 15) is 23.1 Å². The highest BCUT2D eigenvalue weighted by molar-refractivity contribution is 6.00. The summed E-state index contributed by atoms with van der Waals surface area (Å²) < 4.78 is 46.5. The molecule has 0 bridgehead atoms. The smallest absolute Gasteiger partial charge is 0.493 e. The minimum atomic E-state index is -4.81. The molecule has 2 aromatic carbocycles. The number of benzene rings is 2. The van der Waals surface area contributed by atoms with Gasteiger partial charge in [-0.2, -0.15) is 4.98 Å². The van der Waals surface area contributed by atoms with Gasteiger partial charge in [0.2, 0.25) is 11.8 Å². The molecule has 0 fully saturated rings. The van der Waals surface area contributed by atoms with Gasteiger partial charge < -0.3 is 25.2 Å². The van der Waals surface area contributed by atoms with Crippen molar-refractivity contribution in [2.75, 3.05) is 10.6 Å². The molecule has 2 amide bonds. The summed E-state index contributed by atoms with van der Waals surface area (Å²) >= 11 is 0. The van der Waals surface area contributed by atoms with Gasteiger partial charge in [0.05, 0.1) is 0 Å². The number of para-hydroxylation sites is 1. The van der Waals surface area contributed by atoms with Crippen molar-refractivity contribution < 1.29 is 32.5 Å². The van der Waals surface area contributed by atoms with Crippen LogP contribution in [0.5, 0.6) is 23.3 Å². The van der Waals surface area contributed by atoms with Gasteiger partial charge in [-0.3, -0.25) is 0 Å². The van der Waals surface area contributed by atoms with E-state index in [1.165, 1.54) is 24.3 Å². The number of carbonyl (C=O) groups is 1. The number of halogens is 3. The minimum Gasteiger partial charge on any atom is -0.493 e. The first-order valence-electron chi connectivity index (χ1n) is 9.82. The summed E-state index contributed by atoms with van der Waals surface area (Å²) in [5, 5.41) is 14.9. The van der Waals surface area contributed by atoms with E-state index < -0.39 is 18.1 Å². The molecule has 174 valence electrons. The molecule has 0 aliphatic heterocycles. The fourth-order valence-electron chi connectivity index (χ4n) is 2.91. The highest BCUT2D eigenvalue weighted by Crippen LogP contribution is 2.36. The Kier molecular flexibility index (Phi) is 6.66. The number of nitrogens with zero attached hydrogens (tertiary/aromatic N) is 1. The fraction of sp³-hybridized carbons (Fsp3) is 0.217. The molecule has 3 rings (SSSR count). The summed E-state index contributed by atoms with van der Waals surface area (Å²) in [7, 11) is 0. The van der Waals surface area contributed by atoms with E-state index in [4.69, 9.17) is 4.74 Å². The Hall–Kier alpha value is -3.95. The number of anilines is 2. The lowest BCUT2D eigenvalue weighted by Gasteiger charge is -2.22. The van der Waals surface area contributed by atoms with Crippen LogP contribution in [-0.4, -0.2) is 22.5 Å². The summed E-state index contributed by atoms with van der Waals surface area (Å²) in [6.45, 7) is 6.05. The Morgan fingerprint density at radius 3 is 2.24 bits per heavy atom. The fourth-order valence-corrected chi connectivity index (χ4v) is 2.91. The quantitative estimate of drug-likeness (QED) is 0.408. The first-order chi connectivity index (χ1) is 15.4. The molecular weight excluding hydrogens is 439 g/mol. The van der Waals surface area contributed by atoms with E-state index in [1.807, 2.05) is 32.9 Å². The molecule has 0 atom stereocenters. The van der Waals surface area contributed by atoms with E-state index in [0.717, 1.165) is 17.7 Å². The monoisotopic (exact) mass is 461 g/mol. The zero-order valence-electron chi connectivity index (χ0n) is 18.0. The van der Waals surface area contributed by atoms with Crippen LogP contribution in [0, 0.1) is 0 Å². The zero-order chi connectivity index (χ0) is 24.2. The van der Waals surface area contributed by atoms with E-state index >= 15 is 0 Å². The summed E-state index contributed by atoms with van der Waals surface area (Å²) in [6.07, 6.45) is -4.81. The summed E-state index contributed by atoms with van der Waals surface area (Å²) in [5.74, 6) is -0.239. The van der Waals surface area contributed by atoms with Crippen LogP contribution in [0.2, 0.25) is 0 Å². The van der Waals surface area contributed by atoms with Crippen molar-refractivity contribution in [2.45, 2.75) is 32.5 Å². The van der Waals surface area contributed by atoms with Crippen molar-refractivity contribution in [2.24, 2.45) is 0 Å². The second-order valence-electron chi connectivity index (χ2n) is 8.02. The molecule has 0 unspecified atom stereocenters. The Morgan fingerprint density at radius 2 is 1.61 bits per heavy atom. The number of nitrogens with one attached hydrogen (secondary N) is 2. The number of rotatable bonds is 5. The summed E-state index contributed by atoms with van der Waals surface area (Å²) in [6, 6.07) is 14.0. The number of urea groups is 1. The maximum absolute atomic E-state index is 12.4. The molecule has 0 saturated carbocycles. The lowest BCUT2D eigenvalue weighted by molar-refractivity contribution is -0.274. The normalized spacial score (nSPS) is 11.6. The summed E-state index contributed by atoms with van der Waals surface area (Å²) in [5.41, 5.74) is 1.06. The Balaban J connectivity index is 1.75. The van der Waals surface area contributed by atoms with Gasteiger partial charge in [-0.15, -0.1) is 13.2 Å². The number of pyridine rings is 1. The standard InChI is InChI=1S/C23H22F3N3O4/c1-22(2,3)16-6-4-5-7-18(16)32-20-17(12-13-19(30)29-20)28-21(31)27-14-8-10-15(11-9-14)33-23(24,25)26/h4-13H,1-3H3,(H,29,30)(H2,27,28,31). The molecule has 3 aromatic rings. The van der Waals surface area contributed by atoms with E-state index in [2.05, 4.69) is 20.4 Å². The third-order valence-electron chi connectivity index (χ3n) is 4.34. The molecular formula is C23H22F3N3O4. The third kappa shape index (κ3) is 6.76. The molecule has 1 aromatic heterocycles. The maximum atomic E-state index is 12.4. The largest absolute Gasteiger partial charge is 0.573 e. The second kappa shape index (κ2) is 9.27. The van der Waals surface area contributed by atoms with Crippen molar-refractivity contribution in [3.05, 3.63) is 66.2 Å². The lowest BCUT2D eigenvalue weighted by Crippen LogP contribution is -2.20. The van der Waals surface area contributed by atoms with E-state index in [0.29, 0.717) is 5.75 Å². The van der Waals surface area contributed by atoms with Gasteiger partial charge in [-0.25, -0.2) is 4.79 Å². The summed E-state index contributed by atoms with van der Waals surface area (Å²) in [4.78, 5) is 16.4.